The number of benzene rings is 3. The number of hydrogen-bond donors (Lipinski definition) is 2. The van der Waals surface area contributed by atoms with E-state index in [9.17, 15) is 9.59 Å². The van der Waals surface area contributed by atoms with Gasteiger partial charge in [0.1, 0.15) is 0 Å². The molecule has 0 aliphatic rings. The minimum absolute atomic E-state index is 0.128. The van der Waals surface area contributed by atoms with Crippen molar-refractivity contribution in [2.45, 2.75) is 0 Å². The van der Waals surface area contributed by atoms with E-state index < -0.39 is 0 Å². The first-order chi connectivity index (χ1) is 13.6. The van der Waals surface area contributed by atoms with Gasteiger partial charge in [-0.1, -0.05) is 72.3 Å². The molecule has 28 heavy (non-hydrogen) atoms. The SMILES string of the molecule is O=C(N/N=C(/CNC(=O)c1ccccc1Cl)c1ccccc1)c1ccccc1. The van der Waals surface area contributed by atoms with Crippen LogP contribution >= 0.6 is 11.6 Å². The van der Waals surface area contributed by atoms with Gasteiger partial charge in [0.2, 0.25) is 0 Å². The molecule has 3 rings (SSSR count). The zero-order valence-electron chi connectivity index (χ0n) is 14.9. The van der Waals surface area contributed by atoms with Gasteiger partial charge >= 0.3 is 0 Å². The van der Waals surface area contributed by atoms with Crippen molar-refractivity contribution in [2.24, 2.45) is 5.10 Å². The Balaban J connectivity index is 1.75. The lowest BCUT2D eigenvalue weighted by molar-refractivity contribution is 0.0951. The van der Waals surface area contributed by atoms with Crippen molar-refractivity contribution in [3.63, 3.8) is 0 Å². The molecule has 0 unspecified atom stereocenters. The number of carbonyl (C=O) groups is 2. The molecule has 0 aliphatic carbocycles. The standard InChI is InChI=1S/C22H18ClN3O2/c23-19-14-8-7-13-18(19)22(28)24-15-20(16-9-3-1-4-10-16)25-26-21(27)17-11-5-2-6-12-17/h1-14H,15H2,(H,24,28)(H,26,27)/b25-20-. The van der Waals surface area contributed by atoms with Gasteiger partial charge in [-0.3, -0.25) is 9.59 Å². The molecule has 0 aromatic heterocycles. The third-order valence-corrected chi connectivity index (χ3v) is 4.30. The minimum Gasteiger partial charge on any atom is -0.346 e. The van der Waals surface area contributed by atoms with E-state index in [4.69, 9.17) is 11.6 Å². The van der Waals surface area contributed by atoms with Gasteiger partial charge in [0.25, 0.3) is 11.8 Å². The molecule has 0 radical (unpaired) electrons. The van der Waals surface area contributed by atoms with Crippen molar-refractivity contribution in [1.82, 2.24) is 10.7 Å². The predicted octanol–water partition coefficient (Wildman–Crippen LogP) is 3.90. The summed E-state index contributed by atoms with van der Waals surface area (Å²) in [5.74, 6) is -0.643. The van der Waals surface area contributed by atoms with Gasteiger partial charge in [-0.2, -0.15) is 5.10 Å². The molecule has 3 aromatic carbocycles. The Morgan fingerprint density at radius 3 is 1.96 bits per heavy atom. The molecule has 0 spiro atoms. The molecule has 6 heteroatoms. The van der Waals surface area contributed by atoms with E-state index in [0.717, 1.165) is 5.56 Å². The average Bonchev–Trinajstić information content (AvgIpc) is 2.75. The van der Waals surface area contributed by atoms with Gasteiger partial charge in [0.05, 0.1) is 22.8 Å². The van der Waals surface area contributed by atoms with Crippen LogP contribution in [0, 0.1) is 0 Å². The van der Waals surface area contributed by atoms with E-state index in [0.29, 0.717) is 21.9 Å². The molecule has 0 heterocycles. The van der Waals surface area contributed by atoms with Crippen LogP contribution in [-0.2, 0) is 0 Å². The minimum atomic E-state index is -0.327. The maximum absolute atomic E-state index is 12.4. The molecule has 0 fully saturated rings. The number of halogens is 1. The highest BCUT2D eigenvalue weighted by atomic mass is 35.5. The highest BCUT2D eigenvalue weighted by Crippen LogP contribution is 2.14. The number of rotatable bonds is 6. The number of carbonyl (C=O) groups excluding carboxylic acids is 2. The first kappa shape index (κ1) is 19.3. The Bertz CT molecular complexity index is 989. The zero-order valence-corrected chi connectivity index (χ0v) is 15.7. The molecule has 0 bridgehead atoms. The van der Waals surface area contributed by atoms with Crippen molar-refractivity contribution < 1.29 is 9.59 Å². The number of amides is 2. The monoisotopic (exact) mass is 391 g/mol. The molecule has 0 aliphatic heterocycles. The van der Waals surface area contributed by atoms with Gasteiger partial charge in [0.15, 0.2) is 0 Å². The predicted molar refractivity (Wildman–Crippen MR) is 111 cm³/mol. The highest BCUT2D eigenvalue weighted by molar-refractivity contribution is 6.33. The second-order valence-corrected chi connectivity index (χ2v) is 6.30. The molecule has 0 atom stereocenters. The summed E-state index contributed by atoms with van der Waals surface area (Å²) in [6.45, 7) is 0.128. The van der Waals surface area contributed by atoms with Crippen LogP contribution in [0.25, 0.3) is 0 Å². The summed E-state index contributed by atoms with van der Waals surface area (Å²) >= 11 is 6.07. The fourth-order valence-electron chi connectivity index (χ4n) is 2.51. The summed E-state index contributed by atoms with van der Waals surface area (Å²) in [4.78, 5) is 24.7. The fraction of sp³-hybridized carbons (Fsp3) is 0.0455. The van der Waals surface area contributed by atoms with Gasteiger partial charge in [-0.15, -0.1) is 0 Å². The van der Waals surface area contributed by atoms with Crippen molar-refractivity contribution in [3.05, 3.63) is 107 Å². The number of hydrazone groups is 1. The topological polar surface area (TPSA) is 70.6 Å². The second-order valence-electron chi connectivity index (χ2n) is 5.89. The van der Waals surface area contributed by atoms with Crippen LogP contribution in [0.5, 0.6) is 0 Å². The van der Waals surface area contributed by atoms with E-state index >= 15 is 0 Å². The molecule has 3 aromatic rings. The summed E-state index contributed by atoms with van der Waals surface area (Å²) < 4.78 is 0. The van der Waals surface area contributed by atoms with Gasteiger partial charge in [-0.25, -0.2) is 5.43 Å². The van der Waals surface area contributed by atoms with Crippen LogP contribution in [0.1, 0.15) is 26.3 Å². The smallest absolute Gasteiger partial charge is 0.271 e. The third-order valence-electron chi connectivity index (χ3n) is 3.97. The lowest BCUT2D eigenvalue weighted by atomic mass is 10.1. The summed E-state index contributed by atoms with van der Waals surface area (Å²) in [6.07, 6.45) is 0. The normalized spacial score (nSPS) is 11.0. The summed E-state index contributed by atoms with van der Waals surface area (Å²) in [6, 6.07) is 24.9. The van der Waals surface area contributed by atoms with Crippen LogP contribution in [0.4, 0.5) is 0 Å². The van der Waals surface area contributed by atoms with Gasteiger partial charge in [0, 0.05) is 5.56 Å². The van der Waals surface area contributed by atoms with E-state index in [1.807, 2.05) is 36.4 Å². The fourth-order valence-corrected chi connectivity index (χ4v) is 2.74. The number of nitrogens with one attached hydrogen (secondary N) is 2. The van der Waals surface area contributed by atoms with Crippen molar-refractivity contribution in [2.75, 3.05) is 6.54 Å². The van der Waals surface area contributed by atoms with Gasteiger partial charge in [-0.05, 0) is 29.8 Å². The lowest BCUT2D eigenvalue weighted by Gasteiger charge is -2.10. The van der Waals surface area contributed by atoms with E-state index in [1.165, 1.54) is 0 Å². The van der Waals surface area contributed by atoms with Crippen molar-refractivity contribution in [1.29, 1.82) is 0 Å². The molecule has 2 amide bonds. The third kappa shape index (κ3) is 5.05. The Hall–Kier alpha value is -3.44. The van der Waals surface area contributed by atoms with Crippen LogP contribution in [0.3, 0.4) is 0 Å². The molecule has 0 saturated heterocycles. The molecule has 140 valence electrons. The highest BCUT2D eigenvalue weighted by Gasteiger charge is 2.12. The molecular formula is C22H18ClN3O2. The van der Waals surface area contributed by atoms with Crippen LogP contribution < -0.4 is 10.7 Å². The average molecular weight is 392 g/mol. The zero-order chi connectivity index (χ0) is 19.8. The number of nitrogens with zero attached hydrogens (tertiary/aromatic N) is 1. The Morgan fingerprint density at radius 2 is 1.32 bits per heavy atom. The quantitative estimate of drug-likeness (QED) is 0.494. The van der Waals surface area contributed by atoms with Crippen LogP contribution in [0.15, 0.2) is 90.0 Å². The lowest BCUT2D eigenvalue weighted by Crippen LogP contribution is -2.32. The second kappa shape index (κ2) is 9.48. The van der Waals surface area contributed by atoms with E-state index in [1.54, 1.807) is 48.5 Å². The first-order valence-electron chi connectivity index (χ1n) is 8.65. The van der Waals surface area contributed by atoms with E-state index in [2.05, 4.69) is 15.8 Å². The largest absolute Gasteiger partial charge is 0.346 e. The first-order valence-corrected chi connectivity index (χ1v) is 9.03. The summed E-state index contributed by atoms with van der Waals surface area (Å²) in [5, 5.41) is 7.40. The van der Waals surface area contributed by atoms with Crippen LogP contribution in [0.2, 0.25) is 5.02 Å². The van der Waals surface area contributed by atoms with Crippen molar-refractivity contribution in [3.8, 4) is 0 Å². The van der Waals surface area contributed by atoms with Gasteiger partial charge < -0.3 is 5.32 Å². The molecule has 0 saturated carbocycles. The van der Waals surface area contributed by atoms with Crippen LogP contribution in [-0.4, -0.2) is 24.1 Å². The Labute approximate surface area is 168 Å². The molecule has 2 N–H and O–H groups in total. The molecule has 5 nitrogen and oxygen atoms in total. The maximum atomic E-state index is 12.4. The van der Waals surface area contributed by atoms with Crippen molar-refractivity contribution >= 4 is 29.1 Å². The number of hydrogen-bond acceptors (Lipinski definition) is 3. The van der Waals surface area contributed by atoms with E-state index in [-0.39, 0.29) is 18.4 Å². The summed E-state index contributed by atoms with van der Waals surface area (Å²) in [7, 11) is 0. The summed E-state index contributed by atoms with van der Waals surface area (Å²) in [5.41, 5.74) is 4.73. The maximum Gasteiger partial charge on any atom is 0.271 e. The molecular weight excluding hydrogens is 374 g/mol. The Kier molecular flexibility index (Phi) is 6.54. The Morgan fingerprint density at radius 1 is 0.750 bits per heavy atom.